The van der Waals surface area contributed by atoms with Crippen molar-refractivity contribution in [3.8, 4) is 5.75 Å². The number of carbonyl (C=O) groups is 1. The van der Waals surface area contributed by atoms with Crippen molar-refractivity contribution in [2.24, 2.45) is 11.8 Å². The summed E-state index contributed by atoms with van der Waals surface area (Å²) in [5.41, 5.74) is 2.17. The zero-order chi connectivity index (χ0) is 20.9. The summed E-state index contributed by atoms with van der Waals surface area (Å²) in [4.78, 5) is 17.9. The van der Waals surface area contributed by atoms with E-state index in [1.165, 1.54) is 25.7 Å². The number of nitrogens with zero attached hydrogens (tertiary/aromatic N) is 2. The number of carboxylic acids is 1. The molecule has 2 aliphatic rings. The van der Waals surface area contributed by atoms with E-state index in [-0.39, 0.29) is 11.7 Å². The molecule has 1 saturated heterocycles. The number of anilines is 1. The van der Waals surface area contributed by atoms with Gasteiger partial charge in [-0.1, -0.05) is 31.9 Å². The molecule has 1 aliphatic carbocycles. The Hall–Kier alpha value is -2.60. The van der Waals surface area contributed by atoms with E-state index in [4.69, 9.17) is 9.47 Å². The van der Waals surface area contributed by atoms with Gasteiger partial charge in [-0.15, -0.1) is 0 Å². The van der Waals surface area contributed by atoms with Crippen molar-refractivity contribution < 1.29 is 19.4 Å². The monoisotopic (exact) mass is 410 g/mol. The quantitative estimate of drug-likeness (QED) is 0.753. The molecular formula is C24H30N2O4. The molecule has 2 heterocycles. The van der Waals surface area contributed by atoms with Gasteiger partial charge in [0.25, 0.3) is 0 Å². The Kier molecular flexibility index (Phi) is 6.53. The molecule has 0 amide bonds. The van der Waals surface area contributed by atoms with Crippen LogP contribution < -0.4 is 9.64 Å². The lowest BCUT2D eigenvalue weighted by molar-refractivity contribution is 0.0396. The predicted molar refractivity (Wildman–Crippen MR) is 115 cm³/mol. The van der Waals surface area contributed by atoms with Crippen molar-refractivity contribution in [3.63, 3.8) is 0 Å². The average molecular weight is 411 g/mol. The second-order valence-corrected chi connectivity index (χ2v) is 8.55. The highest BCUT2D eigenvalue weighted by Gasteiger charge is 2.24. The zero-order valence-corrected chi connectivity index (χ0v) is 17.5. The third-order valence-corrected chi connectivity index (χ3v) is 6.26. The van der Waals surface area contributed by atoms with Crippen molar-refractivity contribution in [1.29, 1.82) is 0 Å². The zero-order valence-electron chi connectivity index (χ0n) is 17.5. The Labute approximate surface area is 177 Å². The van der Waals surface area contributed by atoms with E-state index in [9.17, 15) is 9.90 Å². The van der Waals surface area contributed by atoms with Crippen LogP contribution in [0.5, 0.6) is 5.75 Å². The lowest BCUT2D eigenvalue weighted by Crippen LogP contribution is -2.38. The molecule has 1 aromatic carbocycles. The molecule has 1 atom stereocenters. The number of benzene rings is 1. The normalized spacial score (nSPS) is 24.4. The molecule has 160 valence electrons. The molecule has 0 spiro atoms. The van der Waals surface area contributed by atoms with Crippen LogP contribution in [0.4, 0.5) is 5.69 Å². The standard InChI is InChI=1S/C24H30N2O4/c1-17-5-7-18(8-6-17)16-30-22-12-21(13-25-14-22)26-9-10-29-23(15-26)19-3-2-4-20(11-19)24(27)28/h2-4,11-14,17-18,23H,5-10,15-16H2,1H3,(H,27,28)/t17-,18-,23?. The number of pyridine rings is 1. The molecule has 1 unspecified atom stereocenters. The van der Waals surface area contributed by atoms with E-state index in [2.05, 4.69) is 22.9 Å². The summed E-state index contributed by atoms with van der Waals surface area (Å²) in [6.07, 6.45) is 8.54. The molecule has 2 fully saturated rings. The average Bonchev–Trinajstić information content (AvgIpc) is 2.79. The molecule has 1 saturated carbocycles. The predicted octanol–water partition coefficient (Wildman–Crippen LogP) is 4.56. The van der Waals surface area contributed by atoms with Gasteiger partial charge < -0.3 is 19.5 Å². The van der Waals surface area contributed by atoms with Gasteiger partial charge in [-0.2, -0.15) is 0 Å². The number of hydrogen-bond donors (Lipinski definition) is 1. The maximum atomic E-state index is 11.3. The number of carboxylic acid groups (broad SMARTS) is 1. The fourth-order valence-corrected chi connectivity index (χ4v) is 4.33. The van der Waals surface area contributed by atoms with Gasteiger partial charge in [-0.25, -0.2) is 4.79 Å². The Morgan fingerprint density at radius 3 is 2.87 bits per heavy atom. The fourth-order valence-electron chi connectivity index (χ4n) is 4.33. The first-order chi connectivity index (χ1) is 14.6. The van der Waals surface area contributed by atoms with Gasteiger partial charge >= 0.3 is 5.97 Å². The molecular weight excluding hydrogens is 380 g/mol. The van der Waals surface area contributed by atoms with Crippen molar-refractivity contribution in [1.82, 2.24) is 4.98 Å². The summed E-state index contributed by atoms with van der Waals surface area (Å²) in [5.74, 6) is 1.36. The second kappa shape index (κ2) is 9.47. The lowest BCUT2D eigenvalue weighted by atomic mass is 9.83. The first-order valence-electron chi connectivity index (χ1n) is 10.9. The Morgan fingerprint density at radius 2 is 2.07 bits per heavy atom. The van der Waals surface area contributed by atoms with Crippen LogP contribution in [0.15, 0.2) is 42.7 Å². The maximum absolute atomic E-state index is 11.3. The van der Waals surface area contributed by atoms with Gasteiger partial charge in [0.1, 0.15) is 11.9 Å². The van der Waals surface area contributed by atoms with E-state index in [1.54, 1.807) is 24.4 Å². The van der Waals surface area contributed by atoms with Crippen LogP contribution in [0.2, 0.25) is 0 Å². The van der Waals surface area contributed by atoms with E-state index in [0.717, 1.165) is 36.1 Å². The third-order valence-electron chi connectivity index (χ3n) is 6.26. The smallest absolute Gasteiger partial charge is 0.335 e. The van der Waals surface area contributed by atoms with Crippen LogP contribution in [0.3, 0.4) is 0 Å². The van der Waals surface area contributed by atoms with Crippen molar-refractivity contribution in [2.45, 2.75) is 38.7 Å². The van der Waals surface area contributed by atoms with Gasteiger partial charge in [0.2, 0.25) is 0 Å². The molecule has 30 heavy (non-hydrogen) atoms. The van der Waals surface area contributed by atoms with E-state index < -0.39 is 5.97 Å². The van der Waals surface area contributed by atoms with Crippen LogP contribution >= 0.6 is 0 Å². The molecule has 4 rings (SSSR count). The largest absolute Gasteiger partial charge is 0.492 e. The summed E-state index contributed by atoms with van der Waals surface area (Å²) in [7, 11) is 0. The molecule has 1 aliphatic heterocycles. The highest BCUT2D eigenvalue weighted by Crippen LogP contribution is 2.30. The van der Waals surface area contributed by atoms with Crippen LogP contribution in [-0.2, 0) is 4.74 Å². The minimum Gasteiger partial charge on any atom is -0.492 e. The van der Waals surface area contributed by atoms with Crippen LogP contribution in [-0.4, -0.2) is 42.4 Å². The molecule has 6 heteroatoms. The highest BCUT2D eigenvalue weighted by atomic mass is 16.5. The summed E-state index contributed by atoms with van der Waals surface area (Å²) >= 11 is 0. The highest BCUT2D eigenvalue weighted by molar-refractivity contribution is 5.87. The summed E-state index contributed by atoms with van der Waals surface area (Å²) in [6.45, 7) is 5.08. The number of aromatic carboxylic acids is 1. The Bertz CT molecular complexity index is 864. The van der Waals surface area contributed by atoms with Crippen molar-refractivity contribution in [3.05, 3.63) is 53.9 Å². The summed E-state index contributed by atoms with van der Waals surface area (Å²) in [5, 5.41) is 9.25. The van der Waals surface area contributed by atoms with Crippen molar-refractivity contribution in [2.75, 3.05) is 31.2 Å². The van der Waals surface area contributed by atoms with Crippen molar-refractivity contribution >= 4 is 11.7 Å². The number of hydrogen-bond acceptors (Lipinski definition) is 5. The molecule has 0 bridgehead atoms. The topological polar surface area (TPSA) is 71.9 Å². The first-order valence-corrected chi connectivity index (χ1v) is 10.9. The van der Waals surface area contributed by atoms with Gasteiger partial charge in [-0.05, 0) is 42.4 Å². The summed E-state index contributed by atoms with van der Waals surface area (Å²) in [6, 6.07) is 9.03. The molecule has 1 aromatic heterocycles. The Morgan fingerprint density at radius 1 is 1.23 bits per heavy atom. The van der Waals surface area contributed by atoms with Gasteiger partial charge in [0, 0.05) is 19.2 Å². The molecule has 0 radical (unpaired) electrons. The van der Waals surface area contributed by atoms with Crippen LogP contribution in [0.1, 0.15) is 54.6 Å². The van der Waals surface area contributed by atoms with Gasteiger partial charge in [0.05, 0.1) is 36.9 Å². The Balaban J connectivity index is 1.39. The van der Waals surface area contributed by atoms with E-state index >= 15 is 0 Å². The van der Waals surface area contributed by atoms with Crippen LogP contribution in [0, 0.1) is 11.8 Å². The maximum Gasteiger partial charge on any atom is 0.335 e. The molecule has 2 aromatic rings. The number of rotatable bonds is 6. The second-order valence-electron chi connectivity index (χ2n) is 8.55. The van der Waals surface area contributed by atoms with Gasteiger partial charge in [-0.3, -0.25) is 4.98 Å². The minimum atomic E-state index is -0.925. The van der Waals surface area contributed by atoms with E-state index in [1.807, 2.05) is 12.3 Å². The van der Waals surface area contributed by atoms with Crippen LogP contribution in [0.25, 0.3) is 0 Å². The number of ether oxygens (including phenoxy) is 2. The molecule has 6 nitrogen and oxygen atoms in total. The minimum absolute atomic E-state index is 0.174. The van der Waals surface area contributed by atoms with Gasteiger partial charge in [0.15, 0.2) is 0 Å². The SMILES string of the molecule is C[C@H]1CC[C@H](COc2cncc(N3CCOC(c4cccc(C(=O)O)c4)C3)c2)CC1. The third kappa shape index (κ3) is 5.11. The number of aromatic nitrogens is 1. The van der Waals surface area contributed by atoms with E-state index in [0.29, 0.717) is 19.1 Å². The number of morpholine rings is 1. The molecule has 1 N–H and O–H groups in total. The lowest BCUT2D eigenvalue weighted by Gasteiger charge is -2.34. The summed E-state index contributed by atoms with van der Waals surface area (Å²) < 4.78 is 12.0. The fraction of sp³-hybridized carbons (Fsp3) is 0.500. The first kappa shape index (κ1) is 20.7.